The third-order valence-electron chi connectivity index (χ3n) is 3.75. The molecule has 1 amide bonds. The Labute approximate surface area is 131 Å². The molecule has 110 valence electrons. The number of benzene rings is 2. The molecule has 0 unspecified atom stereocenters. The molecule has 2 aromatic carbocycles. The van der Waals surface area contributed by atoms with Gasteiger partial charge in [0.25, 0.3) is 5.91 Å². The molecule has 2 nitrogen and oxygen atoms in total. The summed E-state index contributed by atoms with van der Waals surface area (Å²) in [5.74, 6) is 1.00. The second-order valence-corrected chi connectivity index (χ2v) is 6.08. The van der Waals surface area contributed by atoms with E-state index in [1.807, 2.05) is 43.4 Å². The van der Waals surface area contributed by atoms with Crippen molar-refractivity contribution >= 4 is 23.4 Å². The first-order valence-corrected chi connectivity index (χ1v) is 8.36. The predicted molar refractivity (Wildman–Crippen MR) is 92.3 cm³/mol. The van der Waals surface area contributed by atoms with E-state index >= 15 is 0 Å². The Kier molecular flexibility index (Phi) is 5.07. The predicted octanol–water partition coefficient (Wildman–Crippen LogP) is 4.44. The number of hydrogen-bond acceptors (Lipinski definition) is 2. The normalized spacial score (nSPS) is 10.5. The van der Waals surface area contributed by atoms with Crippen LogP contribution in [0, 0.1) is 13.8 Å². The molecule has 0 radical (unpaired) electrons. The molecular weight excluding hydrogens is 278 g/mol. The van der Waals surface area contributed by atoms with Gasteiger partial charge in [-0.2, -0.15) is 11.8 Å². The molecule has 0 spiro atoms. The molecule has 0 aliphatic carbocycles. The minimum absolute atomic E-state index is 0.0272. The van der Waals surface area contributed by atoms with Crippen molar-refractivity contribution in [2.45, 2.75) is 19.6 Å². The molecule has 0 saturated carbocycles. The molecule has 0 heterocycles. The van der Waals surface area contributed by atoms with Crippen LogP contribution in [0.4, 0.5) is 5.69 Å². The third kappa shape index (κ3) is 3.48. The van der Waals surface area contributed by atoms with E-state index in [0.29, 0.717) is 0 Å². The lowest BCUT2D eigenvalue weighted by Gasteiger charge is -2.20. The lowest BCUT2D eigenvalue weighted by atomic mass is 10.1. The van der Waals surface area contributed by atoms with E-state index in [4.69, 9.17) is 0 Å². The molecule has 0 saturated heterocycles. The van der Waals surface area contributed by atoms with Crippen LogP contribution < -0.4 is 4.90 Å². The maximum absolute atomic E-state index is 12.6. The van der Waals surface area contributed by atoms with Crippen LogP contribution in [-0.2, 0) is 5.75 Å². The topological polar surface area (TPSA) is 20.3 Å². The zero-order valence-electron chi connectivity index (χ0n) is 13.0. The molecule has 2 aromatic rings. The lowest BCUT2D eigenvalue weighted by Crippen LogP contribution is -2.27. The highest BCUT2D eigenvalue weighted by molar-refractivity contribution is 7.97. The summed E-state index contributed by atoms with van der Waals surface area (Å²) in [6.07, 6.45) is 2.08. The van der Waals surface area contributed by atoms with Crippen molar-refractivity contribution in [3.63, 3.8) is 0 Å². The van der Waals surface area contributed by atoms with Crippen molar-refractivity contribution in [3.05, 3.63) is 64.7 Å². The first-order chi connectivity index (χ1) is 10.0. The smallest absolute Gasteiger partial charge is 0.258 e. The van der Waals surface area contributed by atoms with Crippen molar-refractivity contribution in [1.29, 1.82) is 0 Å². The number of anilines is 1. The van der Waals surface area contributed by atoms with Gasteiger partial charge in [-0.15, -0.1) is 0 Å². The summed E-state index contributed by atoms with van der Waals surface area (Å²) in [6, 6.07) is 13.9. The van der Waals surface area contributed by atoms with Crippen molar-refractivity contribution in [2.75, 3.05) is 18.2 Å². The number of amides is 1. The SMILES string of the molecule is CSCc1ccc(C(=O)N(C)c2cccc(C)c2C)cc1. The van der Waals surface area contributed by atoms with E-state index in [-0.39, 0.29) is 5.91 Å². The fourth-order valence-electron chi connectivity index (χ4n) is 2.31. The minimum atomic E-state index is 0.0272. The van der Waals surface area contributed by atoms with E-state index in [2.05, 4.69) is 26.2 Å². The first-order valence-electron chi connectivity index (χ1n) is 6.96. The van der Waals surface area contributed by atoms with E-state index in [0.717, 1.165) is 22.6 Å². The maximum atomic E-state index is 12.6. The highest BCUT2D eigenvalue weighted by atomic mass is 32.2. The van der Waals surface area contributed by atoms with Crippen molar-refractivity contribution in [1.82, 2.24) is 0 Å². The molecule has 21 heavy (non-hydrogen) atoms. The van der Waals surface area contributed by atoms with E-state index in [1.165, 1.54) is 11.1 Å². The molecular formula is C18H21NOS. The Hall–Kier alpha value is -1.74. The molecule has 3 heteroatoms. The number of carbonyl (C=O) groups excluding carboxylic acids is 1. The van der Waals surface area contributed by atoms with Gasteiger partial charge in [0, 0.05) is 24.1 Å². The summed E-state index contributed by atoms with van der Waals surface area (Å²) in [5.41, 5.74) is 5.28. The molecule has 0 atom stereocenters. The molecule has 0 fully saturated rings. The van der Waals surface area contributed by atoms with Crippen molar-refractivity contribution < 1.29 is 4.79 Å². The molecule has 0 N–H and O–H groups in total. The quantitative estimate of drug-likeness (QED) is 0.831. The maximum Gasteiger partial charge on any atom is 0.258 e. The fourth-order valence-corrected chi connectivity index (χ4v) is 2.84. The van der Waals surface area contributed by atoms with Crippen LogP contribution in [0.2, 0.25) is 0 Å². The number of aryl methyl sites for hydroxylation is 1. The minimum Gasteiger partial charge on any atom is -0.311 e. The van der Waals surface area contributed by atoms with E-state index in [9.17, 15) is 4.79 Å². The second-order valence-electron chi connectivity index (χ2n) is 5.21. The Balaban J connectivity index is 2.24. The van der Waals surface area contributed by atoms with Gasteiger partial charge in [-0.1, -0.05) is 24.3 Å². The highest BCUT2D eigenvalue weighted by Gasteiger charge is 2.15. The summed E-state index contributed by atoms with van der Waals surface area (Å²) >= 11 is 1.78. The van der Waals surface area contributed by atoms with Crippen LogP contribution in [0.3, 0.4) is 0 Å². The van der Waals surface area contributed by atoms with Crippen LogP contribution in [0.5, 0.6) is 0 Å². The first kappa shape index (κ1) is 15.6. The lowest BCUT2D eigenvalue weighted by molar-refractivity contribution is 0.0993. The summed E-state index contributed by atoms with van der Waals surface area (Å²) in [7, 11) is 1.83. The van der Waals surface area contributed by atoms with Gasteiger partial charge in [0.2, 0.25) is 0 Å². The monoisotopic (exact) mass is 299 g/mol. The van der Waals surface area contributed by atoms with Gasteiger partial charge in [0.1, 0.15) is 0 Å². The number of carbonyl (C=O) groups is 1. The molecule has 0 bridgehead atoms. The number of nitrogens with zero attached hydrogens (tertiary/aromatic N) is 1. The highest BCUT2D eigenvalue weighted by Crippen LogP contribution is 2.23. The van der Waals surface area contributed by atoms with E-state index < -0.39 is 0 Å². The summed E-state index contributed by atoms with van der Waals surface area (Å²) < 4.78 is 0. The second kappa shape index (κ2) is 6.81. The average Bonchev–Trinajstić information content (AvgIpc) is 2.50. The van der Waals surface area contributed by atoms with Gasteiger partial charge in [-0.25, -0.2) is 0 Å². The van der Waals surface area contributed by atoms with E-state index in [1.54, 1.807) is 16.7 Å². The average molecular weight is 299 g/mol. The molecule has 0 aliphatic heterocycles. The molecule has 0 aromatic heterocycles. The Morgan fingerprint density at radius 2 is 1.76 bits per heavy atom. The Morgan fingerprint density at radius 3 is 2.38 bits per heavy atom. The van der Waals surface area contributed by atoms with Crippen LogP contribution in [0.15, 0.2) is 42.5 Å². The standard InChI is InChI=1S/C18H21NOS/c1-13-6-5-7-17(14(13)2)19(3)18(20)16-10-8-15(9-11-16)12-21-4/h5-11H,12H2,1-4H3. The number of hydrogen-bond donors (Lipinski definition) is 0. The van der Waals surface area contributed by atoms with Crippen LogP contribution >= 0.6 is 11.8 Å². The van der Waals surface area contributed by atoms with Crippen LogP contribution in [0.25, 0.3) is 0 Å². The van der Waals surface area contributed by atoms with Gasteiger partial charge >= 0.3 is 0 Å². The third-order valence-corrected chi connectivity index (χ3v) is 4.38. The number of rotatable bonds is 4. The fraction of sp³-hybridized carbons (Fsp3) is 0.278. The van der Waals surface area contributed by atoms with Crippen molar-refractivity contribution in [3.8, 4) is 0 Å². The Morgan fingerprint density at radius 1 is 1.10 bits per heavy atom. The zero-order valence-corrected chi connectivity index (χ0v) is 13.8. The van der Waals surface area contributed by atoms with Gasteiger partial charge in [0.05, 0.1) is 0 Å². The number of thioether (sulfide) groups is 1. The van der Waals surface area contributed by atoms with Gasteiger partial charge in [-0.3, -0.25) is 4.79 Å². The van der Waals surface area contributed by atoms with Crippen molar-refractivity contribution in [2.24, 2.45) is 0 Å². The van der Waals surface area contributed by atoms with Crippen LogP contribution in [-0.4, -0.2) is 19.2 Å². The van der Waals surface area contributed by atoms with Gasteiger partial charge in [0.15, 0.2) is 0 Å². The molecule has 0 aliphatic rings. The van der Waals surface area contributed by atoms with Gasteiger partial charge in [-0.05, 0) is 55.0 Å². The Bertz CT molecular complexity index is 634. The zero-order chi connectivity index (χ0) is 15.4. The van der Waals surface area contributed by atoms with Gasteiger partial charge < -0.3 is 4.90 Å². The van der Waals surface area contributed by atoms with Crippen LogP contribution in [0.1, 0.15) is 27.0 Å². The summed E-state index contributed by atoms with van der Waals surface area (Å²) in [4.78, 5) is 14.3. The molecule has 2 rings (SSSR count). The summed E-state index contributed by atoms with van der Waals surface area (Å²) in [6.45, 7) is 4.12. The largest absolute Gasteiger partial charge is 0.311 e. The summed E-state index contributed by atoms with van der Waals surface area (Å²) in [5, 5.41) is 0.